The van der Waals surface area contributed by atoms with Gasteiger partial charge in [0.15, 0.2) is 0 Å². The Morgan fingerprint density at radius 3 is 1.67 bits per heavy atom. The van der Waals surface area contributed by atoms with E-state index in [1.807, 2.05) is 11.8 Å². The Bertz CT molecular complexity index is 871. The van der Waals surface area contributed by atoms with Crippen LogP contribution in [0.3, 0.4) is 0 Å². The Morgan fingerprint density at radius 1 is 0.667 bits per heavy atom. The van der Waals surface area contributed by atoms with E-state index in [2.05, 4.69) is 82.3 Å². The van der Waals surface area contributed by atoms with Crippen LogP contribution in [-0.4, -0.2) is 6.71 Å². The highest BCUT2D eigenvalue weighted by Gasteiger charge is 2.32. The molecule has 0 aliphatic carbocycles. The minimum Gasteiger partial charge on any atom is -0.0912 e. The second-order valence-corrected chi connectivity index (χ2v) is 8.01. The van der Waals surface area contributed by atoms with Crippen LogP contribution in [0.4, 0.5) is 0 Å². The highest BCUT2D eigenvalue weighted by molar-refractivity contribution is 8.00. The van der Waals surface area contributed by atoms with Crippen LogP contribution in [0.2, 0.25) is 0 Å². The van der Waals surface area contributed by atoms with Gasteiger partial charge in [0.05, 0.1) is 0 Å². The van der Waals surface area contributed by atoms with Crippen LogP contribution in [0.5, 0.6) is 0 Å². The zero-order valence-corrected chi connectivity index (χ0v) is 15.5. The van der Waals surface area contributed by atoms with Gasteiger partial charge < -0.3 is 0 Å². The fraction of sp³-hybridized carbons (Fsp3) is 0.182. The molecule has 0 aromatic heterocycles. The Morgan fingerprint density at radius 2 is 1.17 bits per heavy atom. The van der Waals surface area contributed by atoms with Crippen molar-refractivity contribution in [1.82, 2.24) is 0 Å². The van der Waals surface area contributed by atoms with E-state index in [-0.39, 0.29) is 0 Å². The van der Waals surface area contributed by atoms with Crippen LogP contribution in [0.15, 0.2) is 64.4 Å². The Balaban J connectivity index is 2.03. The van der Waals surface area contributed by atoms with E-state index >= 15 is 0 Å². The molecule has 0 fully saturated rings. The summed E-state index contributed by atoms with van der Waals surface area (Å²) in [6, 6.07) is 20.5. The minimum absolute atomic E-state index is 0.332. The van der Waals surface area contributed by atoms with Crippen LogP contribution in [0.25, 0.3) is 0 Å². The van der Waals surface area contributed by atoms with Gasteiger partial charge in [0, 0.05) is 9.79 Å². The van der Waals surface area contributed by atoms with E-state index in [1.54, 1.807) is 0 Å². The number of rotatable bonds is 1. The molecule has 0 amide bonds. The number of hydrogen-bond acceptors (Lipinski definition) is 1. The smallest absolute Gasteiger partial charge is 0.0912 e. The van der Waals surface area contributed by atoms with Gasteiger partial charge in [-0.25, -0.2) is 0 Å². The predicted molar refractivity (Wildman–Crippen MR) is 107 cm³/mol. The zero-order valence-electron chi connectivity index (χ0n) is 14.7. The first-order valence-corrected chi connectivity index (χ1v) is 9.31. The Hall–Kier alpha value is -1.93. The van der Waals surface area contributed by atoms with Gasteiger partial charge >= 0.3 is 0 Å². The molecule has 3 aromatic carbocycles. The first kappa shape index (κ1) is 15.6. The number of aryl methyl sites for hydroxylation is 4. The van der Waals surface area contributed by atoms with E-state index < -0.39 is 0 Å². The molecular weight excluding hydrogens is 307 g/mol. The van der Waals surface area contributed by atoms with Crippen molar-refractivity contribution in [3.63, 3.8) is 0 Å². The lowest BCUT2D eigenvalue weighted by Gasteiger charge is -2.28. The van der Waals surface area contributed by atoms with Crippen molar-refractivity contribution < 1.29 is 0 Å². The molecular formula is C22H21BS. The maximum atomic E-state index is 2.34. The van der Waals surface area contributed by atoms with Gasteiger partial charge in [-0.2, -0.15) is 0 Å². The first-order chi connectivity index (χ1) is 11.5. The van der Waals surface area contributed by atoms with E-state index in [0.717, 1.165) is 0 Å². The summed E-state index contributed by atoms with van der Waals surface area (Å²) >= 11 is 1.92. The maximum Gasteiger partial charge on any atom is 0.244 e. The molecule has 0 saturated carbocycles. The van der Waals surface area contributed by atoms with Gasteiger partial charge in [-0.15, -0.1) is 0 Å². The average molecular weight is 328 g/mol. The monoisotopic (exact) mass is 328 g/mol. The van der Waals surface area contributed by atoms with Crippen molar-refractivity contribution in [2.24, 2.45) is 0 Å². The minimum atomic E-state index is 0.332. The van der Waals surface area contributed by atoms with Gasteiger partial charge in [0.1, 0.15) is 0 Å². The molecule has 1 aliphatic rings. The topological polar surface area (TPSA) is 0 Å². The molecule has 3 aromatic rings. The van der Waals surface area contributed by atoms with E-state index in [0.29, 0.717) is 6.71 Å². The Labute approximate surface area is 149 Å². The second-order valence-electron chi connectivity index (χ2n) is 6.92. The first-order valence-electron chi connectivity index (χ1n) is 8.49. The van der Waals surface area contributed by atoms with Crippen LogP contribution in [-0.2, 0) is 0 Å². The number of hydrogen-bond donors (Lipinski definition) is 0. The van der Waals surface area contributed by atoms with Crippen LogP contribution < -0.4 is 16.4 Å². The molecule has 1 aliphatic heterocycles. The molecule has 0 N–H and O–H groups in total. The molecule has 4 rings (SSSR count). The summed E-state index contributed by atoms with van der Waals surface area (Å²) in [7, 11) is 0. The van der Waals surface area contributed by atoms with Crippen LogP contribution in [0.1, 0.15) is 22.3 Å². The molecule has 0 bridgehead atoms. The van der Waals surface area contributed by atoms with E-state index in [9.17, 15) is 0 Å². The quantitative estimate of drug-likeness (QED) is 0.478. The summed E-state index contributed by atoms with van der Waals surface area (Å²) in [6.07, 6.45) is 0. The van der Waals surface area contributed by atoms with Gasteiger partial charge in [0.2, 0.25) is 6.71 Å². The average Bonchev–Trinajstić information content (AvgIpc) is 2.53. The standard InChI is InChI=1S/C22H21BS/c1-14-8-10-18-20(12-14)24-21-13-15(2)9-11-19(21)23(18)22-16(3)6-5-7-17(22)4/h5-13H,1-4H3. The third-order valence-corrected chi connectivity index (χ3v) is 6.16. The largest absolute Gasteiger partial charge is 0.244 e. The predicted octanol–water partition coefficient (Wildman–Crippen LogP) is 3.90. The number of fused-ring (bicyclic) bond motifs is 2. The summed E-state index contributed by atoms with van der Waals surface area (Å²) < 4.78 is 0. The molecule has 0 nitrogen and oxygen atoms in total. The Kier molecular flexibility index (Phi) is 3.81. The van der Waals surface area contributed by atoms with E-state index in [1.165, 1.54) is 48.4 Å². The number of benzene rings is 3. The molecule has 24 heavy (non-hydrogen) atoms. The van der Waals surface area contributed by atoms with Crippen molar-refractivity contribution in [1.29, 1.82) is 0 Å². The van der Waals surface area contributed by atoms with Crippen LogP contribution >= 0.6 is 11.8 Å². The fourth-order valence-corrected chi connectivity index (χ4v) is 5.15. The summed E-state index contributed by atoms with van der Waals surface area (Å²) in [6.45, 7) is 9.18. The summed E-state index contributed by atoms with van der Waals surface area (Å²) in [5.41, 5.74) is 9.77. The van der Waals surface area contributed by atoms with Crippen molar-refractivity contribution in [2.75, 3.05) is 0 Å². The van der Waals surface area contributed by atoms with Gasteiger partial charge in [-0.1, -0.05) is 92.9 Å². The lowest BCUT2D eigenvalue weighted by Crippen LogP contribution is -2.56. The van der Waals surface area contributed by atoms with Crippen molar-refractivity contribution in [2.45, 2.75) is 37.5 Å². The molecule has 0 unspecified atom stereocenters. The normalized spacial score (nSPS) is 12.8. The fourth-order valence-electron chi connectivity index (χ4n) is 3.82. The SMILES string of the molecule is Cc1ccc2c(c1)Sc1cc(C)ccc1B2c1c(C)cccc1C. The zero-order chi connectivity index (χ0) is 16.8. The van der Waals surface area contributed by atoms with E-state index in [4.69, 9.17) is 0 Å². The molecule has 0 atom stereocenters. The van der Waals surface area contributed by atoms with Gasteiger partial charge in [-0.05, 0) is 39.8 Å². The highest BCUT2D eigenvalue weighted by Crippen LogP contribution is 2.31. The maximum absolute atomic E-state index is 2.34. The van der Waals surface area contributed by atoms with Crippen molar-refractivity contribution in [3.05, 3.63) is 76.9 Å². The van der Waals surface area contributed by atoms with Crippen molar-refractivity contribution in [3.8, 4) is 0 Å². The van der Waals surface area contributed by atoms with Gasteiger partial charge in [0.25, 0.3) is 0 Å². The summed E-state index contributed by atoms with van der Waals surface area (Å²) in [5.74, 6) is 0. The lowest BCUT2D eigenvalue weighted by molar-refractivity contribution is 1.34. The summed E-state index contributed by atoms with van der Waals surface area (Å²) in [4.78, 5) is 2.81. The third-order valence-electron chi connectivity index (χ3n) is 5.01. The van der Waals surface area contributed by atoms with Crippen LogP contribution in [0, 0.1) is 27.7 Å². The molecule has 0 saturated heterocycles. The molecule has 118 valence electrons. The van der Waals surface area contributed by atoms with Gasteiger partial charge in [-0.3, -0.25) is 0 Å². The second kappa shape index (κ2) is 5.86. The highest BCUT2D eigenvalue weighted by atomic mass is 32.2. The molecule has 0 radical (unpaired) electrons. The molecule has 0 spiro atoms. The third kappa shape index (κ3) is 2.50. The molecule has 2 heteroatoms. The summed E-state index contributed by atoms with van der Waals surface area (Å²) in [5, 5.41) is 0. The lowest BCUT2D eigenvalue weighted by atomic mass is 9.35. The van der Waals surface area contributed by atoms with Crippen molar-refractivity contribution >= 4 is 34.9 Å². The molecule has 1 heterocycles.